The lowest BCUT2D eigenvalue weighted by molar-refractivity contribution is -0.0928. The lowest BCUT2D eigenvalue weighted by Crippen LogP contribution is -2.56. The zero-order chi connectivity index (χ0) is 22.0. The number of fused-ring (bicyclic) bond motifs is 1. The van der Waals surface area contributed by atoms with Crippen LogP contribution in [0.15, 0.2) is 42.6 Å². The van der Waals surface area contributed by atoms with Crippen molar-refractivity contribution in [1.29, 1.82) is 0 Å². The van der Waals surface area contributed by atoms with Crippen molar-refractivity contribution in [2.45, 2.75) is 44.4 Å². The SMILES string of the molecule is CC(C)c1cnn2c(NCc3ccccc3)cc(NC[C@]3(O)CCN(I)C[C@H]3O)nc12. The first-order chi connectivity index (χ1) is 14.9. The molecule has 1 aromatic carbocycles. The Balaban J connectivity index is 1.59. The Morgan fingerprint density at radius 3 is 2.74 bits per heavy atom. The number of anilines is 2. The first kappa shape index (κ1) is 22.3. The van der Waals surface area contributed by atoms with Gasteiger partial charge in [-0.1, -0.05) is 44.2 Å². The Kier molecular flexibility index (Phi) is 6.65. The van der Waals surface area contributed by atoms with Crippen LogP contribution in [0.2, 0.25) is 0 Å². The van der Waals surface area contributed by atoms with E-state index < -0.39 is 11.7 Å². The molecule has 0 aliphatic carbocycles. The predicted octanol–water partition coefficient (Wildman–Crippen LogP) is 3.02. The second-order valence-corrected chi connectivity index (χ2v) is 9.81. The van der Waals surface area contributed by atoms with Gasteiger partial charge in [0, 0.05) is 60.7 Å². The number of halogens is 1. The zero-order valence-corrected chi connectivity index (χ0v) is 20.0. The highest BCUT2D eigenvalue weighted by molar-refractivity contribution is 14.1. The van der Waals surface area contributed by atoms with Crippen LogP contribution < -0.4 is 10.6 Å². The molecule has 31 heavy (non-hydrogen) atoms. The monoisotopic (exact) mass is 536 g/mol. The van der Waals surface area contributed by atoms with Crippen LogP contribution >= 0.6 is 22.9 Å². The molecular weight excluding hydrogens is 507 g/mol. The van der Waals surface area contributed by atoms with E-state index in [1.165, 1.54) is 5.56 Å². The number of rotatable bonds is 7. The van der Waals surface area contributed by atoms with Gasteiger partial charge in [0.05, 0.1) is 12.3 Å². The molecule has 2 atom stereocenters. The summed E-state index contributed by atoms with van der Waals surface area (Å²) in [5.41, 5.74) is 1.82. The average molecular weight is 536 g/mol. The van der Waals surface area contributed by atoms with Crippen molar-refractivity contribution >= 4 is 40.1 Å². The Morgan fingerprint density at radius 1 is 1.26 bits per heavy atom. The summed E-state index contributed by atoms with van der Waals surface area (Å²) >= 11 is 2.18. The van der Waals surface area contributed by atoms with Gasteiger partial charge in [-0.25, -0.2) is 8.10 Å². The van der Waals surface area contributed by atoms with Crippen LogP contribution in [0.5, 0.6) is 0 Å². The molecule has 0 saturated carbocycles. The summed E-state index contributed by atoms with van der Waals surface area (Å²) < 4.78 is 3.82. The van der Waals surface area contributed by atoms with Gasteiger partial charge in [-0.15, -0.1) is 0 Å². The molecule has 0 bridgehead atoms. The number of hydrogen-bond acceptors (Lipinski definition) is 7. The van der Waals surface area contributed by atoms with Crippen molar-refractivity contribution in [1.82, 2.24) is 17.7 Å². The topological polar surface area (TPSA) is 98.0 Å². The fraction of sp³-hybridized carbons (Fsp3) is 0.455. The smallest absolute Gasteiger partial charge is 0.163 e. The van der Waals surface area contributed by atoms with Crippen LogP contribution in [0, 0.1) is 0 Å². The van der Waals surface area contributed by atoms with Gasteiger partial charge in [-0.3, -0.25) is 0 Å². The van der Waals surface area contributed by atoms with Gasteiger partial charge < -0.3 is 20.8 Å². The highest BCUT2D eigenvalue weighted by Gasteiger charge is 2.40. The van der Waals surface area contributed by atoms with Crippen molar-refractivity contribution in [3.63, 3.8) is 0 Å². The summed E-state index contributed by atoms with van der Waals surface area (Å²) in [5, 5.41) is 32.6. The van der Waals surface area contributed by atoms with E-state index in [9.17, 15) is 10.2 Å². The van der Waals surface area contributed by atoms with Crippen molar-refractivity contribution in [2.24, 2.45) is 0 Å². The standard InChI is InChI=1S/C22H29IN6O2/c1-15(2)17-12-26-29-20(24-11-16-6-4-3-5-7-16)10-19(27-21(17)29)25-14-22(31)8-9-28(23)13-18(22)30/h3-7,10,12,15,18,24,30-31H,8-9,11,13-14H2,1-2H3,(H,25,27)/t18-,22-/m1/s1. The molecule has 4 N–H and O–H groups in total. The van der Waals surface area contributed by atoms with Gasteiger partial charge in [0.1, 0.15) is 17.2 Å². The third-order valence-electron chi connectivity index (χ3n) is 5.79. The Bertz CT molecular complexity index is 1030. The van der Waals surface area contributed by atoms with Gasteiger partial charge in [-0.05, 0) is 17.9 Å². The van der Waals surface area contributed by atoms with Gasteiger partial charge >= 0.3 is 0 Å². The number of aromatic nitrogens is 3. The van der Waals surface area contributed by atoms with Gasteiger partial charge in [0.15, 0.2) is 5.65 Å². The molecule has 0 amide bonds. The number of aliphatic hydroxyl groups is 2. The number of aliphatic hydroxyl groups excluding tert-OH is 1. The lowest BCUT2D eigenvalue weighted by atomic mass is 9.89. The molecule has 0 spiro atoms. The molecule has 2 aromatic heterocycles. The van der Waals surface area contributed by atoms with Crippen molar-refractivity contribution in [3.8, 4) is 0 Å². The van der Waals surface area contributed by atoms with Crippen molar-refractivity contribution in [2.75, 3.05) is 30.3 Å². The first-order valence-electron chi connectivity index (χ1n) is 10.6. The second kappa shape index (κ2) is 9.27. The second-order valence-electron chi connectivity index (χ2n) is 8.45. The Hall–Kier alpha value is -1.95. The minimum atomic E-state index is -1.19. The predicted molar refractivity (Wildman–Crippen MR) is 131 cm³/mol. The highest BCUT2D eigenvalue weighted by Crippen LogP contribution is 2.27. The van der Waals surface area contributed by atoms with E-state index in [-0.39, 0.29) is 12.5 Å². The minimum absolute atomic E-state index is 0.227. The van der Waals surface area contributed by atoms with Crippen molar-refractivity contribution < 1.29 is 10.2 Å². The minimum Gasteiger partial charge on any atom is -0.389 e. The molecule has 0 unspecified atom stereocenters. The van der Waals surface area contributed by atoms with E-state index in [1.807, 2.05) is 38.1 Å². The van der Waals surface area contributed by atoms with Crippen LogP contribution in [0.25, 0.3) is 5.65 Å². The molecule has 1 aliphatic rings. The summed E-state index contributed by atoms with van der Waals surface area (Å²) in [6, 6.07) is 12.1. The average Bonchev–Trinajstić information content (AvgIpc) is 3.19. The summed E-state index contributed by atoms with van der Waals surface area (Å²) in [6.07, 6.45) is 1.54. The van der Waals surface area contributed by atoms with Crippen LogP contribution in [0.4, 0.5) is 11.6 Å². The van der Waals surface area contributed by atoms with E-state index in [2.05, 4.69) is 64.6 Å². The van der Waals surface area contributed by atoms with Crippen molar-refractivity contribution in [3.05, 3.63) is 53.7 Å². The highest BCUT2D eigenvalue weighted by atomic mass is 127. The van der Waals surface area contributed by atoms with Crippen LogP contribution in [-0.2, 0) is 6.54 Å². The molecular formula is C22H29IN6O2. The normalized spacial score (nSPS) is 22.2. The van der Waals surface area contributed by atoms with Crippen LogP contribution in [0.1, 0.15) is 37.3 Å². The number of piperidine rings is 1. The molecule has 0 radical (unpaired) electrons. The lowest BCUT2D eigenvalue weighted by Gasteiger charge is -2.40. The number of benzene rings is 1. The Labute approximate surface area is 196 Å². The number of hydrogen-bond donors (Lipinski definition) is 4. The third-order valence-corrected chi connectivity index (χ3v) is 6.67. The fourth-order valence-corrected chi connectivity index (χ4v) is 4.39. The maximum absolute atomic E-state index is 11.0. The van der Waals surface area contributed by atoms with E-state index in [0.29, 0.717) is 25.3 Å². The third kappa shape index (κ3) is 4.94. The van der Waals surface area contributed by atoms with E-state index in [4.69, 9.17) is 4.98 Å². The molecule has 8 nitrogen and oxygen atoms in total. The summed E-state index contributed by atoms with van der Waals surface area (Å²) in [6.45, 7) is 6.29. The first-order valence-corrected chi connectivity index (χ1v) is 11.5. The summed E-state index contributed by atoms with van der Waals surface area (Å²) in [4.78, 5) is 4.77. The number of nitrogens with one attached hydrogen (secondary N) is 2. The molecule has 3 aromatic rings. The van der Waals surface area contributed by atoms with Gasteiger partial charge in [0.25, 0.3) is 0 Å². The maximum Gasteiger partial charge on any atom is 0.163 e. The maximum atomic E-state index is 11.0. The number of nitrogens with zero attached hydrogens (tertiary/aromatic N) is 4. The van der Waals surface area contributed by atoms with E-state index in [0.717, 1.165) is 23.6 Å². The summed E-state index contributed by atoms with van der Waals surface area (Å²) in [7, 11) is 0. The quantitative estimate of drug-likeness (QED) is 0.272. The molecule has 1 aliphatic heterocycles. The zero-order valence-electron chi connectivity index (χ0n) is 17.8. The molecule has 9 heteroatoms. The van der Waals surface area contributed by atoms with Gasteiger partial charge in [0.2, 0.25) is 0 Å². The molecule has 3 heterocycles. The summed E-state index contributed by atoms with van der Waals surface area (Å²) in [5.74, 6) is 1.74. The molecule has 166 valence electrons. The Morgan fingerprint density at radius 2 is 2.03 bits per heavy atom. The van der Waals surface area contributed by atoms with E-state index in [1.54, 1.807) is 0 Å². The molecule has 1 saturated heterocycles. The fourth-order valence-electron chi connectivity index (χ4n) is 3.77. The molecule has 4 rings (SSSR count). The van der Waals surface area contributed by atoms with E-state index >= 15 is 0 Å². The van der Waals surface area contributed by atoms with Crippen LogP contribution in [-0.4, -0.2) is 59.3 Å². The largest absolute Gasteiger partial charge is 0.389 e. The number of β-amino-alcohol motifs (C(OH)–C–C–N with tert-alkyl or cyclic N) is 1. The molecule has 1 fully saturated rings. The van der Waals surface area contributed by atoms with Crippen LogP contribution in [0.3, 0.4) is 0 Å². The van der Waals surface area contributed by atoms with Gasteiger partial charge in [-0.2, -0.15) is 9.61 Å².